The van der Waals surface area contributed by atoms with Gasteiger partial charge in [0.1, 0.15) is 12.1 Å². The summed E-state index contributed by atoms with van der Waals surface area (Å²) in [4.78, 5) is 7.84. The smallest absolute Gasteiger partial charge is 0.133 e. The van der Waals surface area contributed by atoms with E-state index in [1.54, 1.807) is 6.20 Å². The second kappa shape index (κ2) is 3.32. The minimum atomic E-state index is 0.643. The zero-order chi connectivity index (χ0) is 8.23. The van der Waals surface area contributed by atoms with Crippen LogP contribution in [0.4, 0.5) is 5.82 Å². The molecule has 0 atom stereocenters. The maximum absolute atomic E-state index is 5.13. The van der Waals surface area contributed by atoms with Crippen LogP contribution < -0.4 is 5.32 Å². The van der Waals surface area contributed by atoms with Gasteiger partial charge < -0.3 is 10.1 Å². The number of ether oxygens (including phenoxy) is 1. The lowest BCUT2D eigenvalue weighted by atomic mass is 10.4. The van der Waals surface area contributed by atoms with Crippen LogP contribution in [0, 0.1) is 0 Å². The Morgan fingerprint density at radius 2 is 2.50 bits per heavy atom. The van der Waals surface area contributed by atoms with Crippen molar-refractivity contribution in [2.45, 2.75) is 0 Å². The van der Waals surface area contributed by atoms with Crippen LogP contribution in [0.15, 0.2) is 30.4 Å². The monoisotopic (exact) mass is 163 g/mol. The number of nitrogens with zero attached hydrogens (tertiary/aromatic N) is 2. The molecular weight excluding hydrogens is 154 g/mol. The molecule has 2 rings (SSSR count). The van der Waals surface area contributed by atoms with Crippen molar-refractivity contribution in [3.63, 3.8) is 0 Å². The van der Waals surface area contributed by atoms with Gasteiger partial charge >= 0.3 is 0 Å². The first-order valence-corrected chi connectivity index (χ1v) is 3.75. The normalized spacial score (nSPS) is 15.8. The molecule has 62 valence electrons. The van der Waals surface area contributed by atoms with E-state index >= 15 is 0 Å². The molecule has 0 fully saturated rings. The third-order valence-electron chi connectivity index (χ3n) is 1.58. The van der Waals surface area contributed by atoms with Gasteiger partial charge in [-0.15, -0.1) is 0 Å². The van der Waals surface area contributed by atoms with Crippen molar-refractivity contribution in [1.29, 1.82) is 0 Å². The Labute approximate surface area is 70.3 Å². The van der Waals surface area contributed by atoms with Crippen LogP contribution >= 0.6 is 0 Å². The highest BCUT2D eigenvalue weighted by atomic mass is 16.5. The van der Waals surface area contributed by atoms with Gasteiger partial charge in [-0.25, -0.2) is 9.97 Å². The summed E-state index contributed by atoms with van der Waals surface area (Å²) in [5, 5.41) is 3.13. The molecule has 0 saturated heterocycles. The topological polar surface area (TPSA) is 47.0 Å². The Bertz CT molecular complexity index is 284. The fourth-order valence-electron chi connectivity index (χ4n) is 1.00. The van der Waals surface area contributed by atoms with E-state index < -0.39 is 0 Å². The van der Waals surface area contributed by atoms with Gasteiger partial charge in [0.05, 0.1) is 13.2 Å². The SMILES string of the molecule is C1=C(Nc2ccncn2)COC1. The second-order valence-electron chi connectivity index (χ2n) is 2.46. The Kier molecular flexibility index (Phi) is 2.00. The average molecular weight is 163 g/mol. The van der Waals surface area contributed by atoms with Crippen LogP contribution in [-0.4, -0.2) is 23.2 Å². The summed E-state index contributed by atoms with van der Waals surface area (Å²) in [7, 11) is 0. The highest BCUT2D eigenvalue weighted by Crippen LogP contribution is 2.08. The molecule has 1 aliphatic heterocycles. The second-order valence-corrected chi connectivity index (χ2v) is 2.46. The van der Waals surface area contributed by atoms with E-state index in [9.17, 15) is 0 Å². The van der Waals surface area contributed by atoms with Gasteiger partial charge in [-0.05, 0) is 12.1 Å². The molecule has 0 unspecified atom stereocenters. The van der Waals surface area contributed by atoms with E-state index in [2.05, 4.69) is 15.3 Å². The van der Waals surface area contributed by atoms with Gasteiger partial charge in [0.25, 0.3) is 0 Å². The molecule has 1 aromatic rings. The number of nitrogens with one attached hydrogen (secondary N) is 1. The van der Waals surface area contributed by atoms with Crippen molar-refractivity contribution in [3.8, 4) is 0 Å². The average Bonchev–Trinajstić information content (AvgIpc) is 2.59. The Morgan fingerprint density at radius 1 is 1.50 bits per heavy atom. The predicted molar refractivity (Wildman–Crippen MR) is 44.6 cm³/mol. The van der Waals surface area contributed by atoms with Crippen LogP contribution in [0.25, 0.3) is 0 Å². The summed E-state index contributed by atoms with van der Waals surface area (Å²) in [5.41, 5.74) is 1.06. The van der Waals surface area contributed by atoms with Crippen molar-refractivity contribution < 1.29 is 4.74 Å². The molecule has 1 N–H and O–H groups in total. The lowest BCUT2D eigenvalue weighted by molar-refractivity contribution is 0.209. The molecule has 0 spiro atoms. The largest absolute Gasteiger partial charge is 0.371 e. The fraction of sp³-hybridized carbons (Fsp3) is 0.250. The zero-order valence-corrected chi connectivity index (χ0v) is 6.53. The van der Waals surface area contributed by atoms with E-state index in [4.69, 9.17) is 4.74 Å². The molecule has 0 radical (unpaired) electrons. The summed E-state index contributed by atoms with van der Waals surface area (Å²) in [6.45, 7) is 1.33. The van der Waals surface area contributed by atoms with E-state index in [1.165, 1.54) is 6.33 Å². The fourth-order valence-corrected chi connectivity index (χ4v) is 1.00. The van der Waals surface area contributed by atoms with Crippen molar-refractivity contribution >= 4 is 5.82 Å². The van der Waals surface area contributed by atoms with Crippen molar-refractivity contribution in [2.75, 3.05) is 18.5 Å². The van der Waals surface area contributed by atoms with Crippen molar-refractivity contribution in [1.82, 2.24) is 9.97 Å². The molecule has 1 aromatic heterocycles. The van der Waals surface area contributed by atoms with Gasteiger partial charge in [0.2, 0.25) is 0 Å². The summed E-state index contributed by atoms with van der Waals surface area (Å²) in [5.74, 6) is 0.807. The number of hydrogen-bond donors (Lipinski definition) is 1. The van der Waals surface area contributed by atoms with Gasteiger partial charge in [-0.3, -0.25) is 0 Å². The molecule has 4 heteroatoms. The first kappa shape index (κ1) is 7.24. The minimum Gasteiger partial charge on any atom is -0.371 e. The summed E-state index contributed by atoms with van der Waals surface area (Å²) < 4.78 is 5.13. The molecule has 0 bridgehead atoms. The third kappa shape index (κ3) is 1.60. The summed E-state index contributed by atoms with van der Waals surface area (Å²) >= 11 is 0. The highest BCUT2D eigenvalue weighted by Gasteiger charge is 2.03. The Balaban J connectivity index is 2.04. The first-order chi connectivity index (χ1) is 5.95. The number of aromatic nitrogens is 2. The van der Waals surface area contributed by atoms with Crippen LogP contribution in [0.5, 0.6) is 0 Å². The maximum Gasteiger partial charge on any atom is 0.133 e. The molecule has 12 heavy (non-hydrogen) atoms. The lowest BCUT2D eigenvalue weighted by Crippen LogP contribution is -2.02. The third-order valence-corrected chi connectivity index (χ3v) is 1.58. The van der Waals surface area contributed by atoms with Crippen molar-refractivity contribution in [3.05, 3.63) is 30.4 Å². The number of rotatable bonds is 2. The van der Waals surface area contributed by atoms with Crippen molar-refractivity contribution in [2.24, 2.45) is 0 Å². The van der Waals surface area contributed by atoms with Crippen LogP contribution in [0.3, 0.4) is 0 Å². The first-order valence-electron chi connectivity index (χ1n) is 3.75. The molecule has 0 aromatic carbocycles. The highest BCUT2D eigenvalue weighted by molar-refractivity contribution is 5.40. The van der Waals surface area contributed by atoms with Crippen LogP contribution in [0.2, 0.25) is 0 Å². The molecule has 1 aliphatic rings. The maximum atomic E-state index is 5.13. The Hall–Kier alpha value is -1.42. The number of hydrogen-bond acceptors (Lipinski definition) is 4. The van der Waals surface area contributed by atoms with Gasteiger partial charge in [0, 0.05) is 11.9 Å². The molecule has 2 heterocycles. The molecule has 0 saturated carbocycles. The molecule has 0 aliphatic carbocycles. The van der Waals surface area contributed by atoms with E-state index in [-0.39, 0.29) is 0 Å². The minimum absolute atomic E-state index is 0.643. The molecule has 4 nitrogen and oxygen atoms in total. The van der Waals surface area contributed by atoms with E-state index in [1.807, 2.05) is 12.1 Å². The molecular formula is C8H9N3O. The molecule has 0 amide bonds. The quantitative estimate of drug-likeness (QED) is 0.700. The van der Waals surface area contributed by atoms with Gasteiger partial charge in [0.15, 0.2) is 0 Å². The van der Waals surface area contributed by atoms with Crippen LogP contribution in [-0.2, 0) is 4.74 Å². The lowest BCUT2D eigenvalue weighted by Gasteiger charge is -2.03. The van der Waals surface area contributed by atoms with Gasteiger partial charge in [-0.2, -0.15) is 0 Å². The van der Waals surface area contributed by atoms with Gasteiger partial charge in [-0.1, -0.05) is 0 Å². The van der Waals surface area contributed by atoms with E-state index in [0.717, 1.165) is 11.5 Å². The summed E-state index contributed by atoms with van der Waals surface area (Å²) in [6, 6.07) is 1.82. The number of anilines is 1. The van der Waals surface area contributed by atoms with Crippen LogP contribution in [0.1, 0.15) is 0 Å². The van der Waals surface area contributed by atoms with E-state index in [0.29, 0.717) is 13.2 Å². The zero-order valence-electron chi connectivity index (χ0n) is 6.53. The Morgan fingerprint density at radius 3 is 3.17 bits per heavy atom. The summed E-state index contributed by atoms with van der Waals surface area (Å²) in [6.07, 6.45) is 5.21. The predicted octanol–water partition coefficient (Wildman–Crippen LogP) is 0.803. The standard InChI is InChI=1S/C8H9N3O/c1-3-9-6-10-8(1)11-7-2-4-12-5-7/h1-3,6H,4-5H2,(H,9,10,11).